The van der Waals surface area contributed by atoms with Crippen LogP contribution in [0.3, 0.4) is 0 Å². The maximum Gasteiger partial charge on any atom is 0.330 e. The maximum absolute atomic E-state index is 11.2. The van der Waals surface area contributed by atoms with Gasteiger partial charge >= 0.3 is 17.9 Å². The molecule has 0 fully saturated rings. The van der Waals surface area contributed by atoms with Crippen molar-refractivity contribution < 1.29 is 28.6 Å². The first kappa shape index (κ1) is 31.1. The molecule has 0 aromatic heterocycles. The highest BCUT2D eigenvalue weighted by atomic mass is 16.5. The number of hydrogen-bond donors (Lipinski definition) is 0. The van der Waals surface area contributed by atoms with E-state index in [0.717, 1.165) is 29.6 Å². The van der Waals surface area contributed by atoms with Crippen LogP contribution in [0.25, 0.3) is 0 Å². The topological polar surface area (TPSA) is 78.9 Å². The number of carbonyl (C=O) groups excluding carboxylic acids is 3. The normalized spacial score (nSPS) is 12.4. The van der Waals surface area contributed by atoms with Crippen molar-refractivity contribution in [2.24, 2.45) is 5.92 Å². The van der Waals surface area contributed by atoms with Crippen molar-refractivity contribution in [3.63, 3.8) is 0 Å². The quantitative estimate of drug-likeness (QED) is 0.176. The molecule has 0 aromatic carbocycles. The summed E-state index contributed by atoms with van der Waals surface area (Å²) in [6.07, 6.45) is 8.58. The molecule has 0 aliphatic carbocycles. The summed E-state index contributed by atoms with van der Waals surface area (Å²) in [7, 11) is 4.09. The zero-order valence-electron chi connectivity index (χ0n) is 18.2. The zero-order chi connectivity index (χ0) is 22.1. The molecule has 0 aliphatic rings. The second-order valence-electron chi connectivity index (χ2n) is 6.17. The van der Waals surface area contributed by atoms with Crippen molar-refractivity contribution in [3.05, 3.63) is 47.6 Å². The van der Waals surface area contributed by atoms with E-state index in [-0.39, 0.29) is 31.3 Å². The van der Waals surface area contributed by atoms with Gasteiger partial charge in [0.25, 0.3) is 0 Å². The second-order valence-corrected chi connectivity index (χ2v) is 6.17. The molecule has 1 atom stereocenters. The number of methoxy groups -OCH3 is 3. The van der Waals surface area contributed by atoms with E-state index in [0.29, 0.717) is 6.42 Å². The minimum Gasteiger partial charge on any atom is -0.469 e. The van der Waals surface area contributed by atoms with Gasteiger partial charge in [0.1, 0.15) is 0 Å². The van der Waals surface area contributed by atoms with Crippen LogP contribution in [-0.4, -0.2) is 39.2 Å². The molecule has 0 saturated heterocycles. The number of rotatable bonds is 9. The van der Waals surface area contributed by atoms with Gasteiger partial charge in [0.05, 0.1) is 27.8 Å². The molecular formula is C23H38O6. The first-order valence-electron chi connectivity index (χ1n) is 9.02. The van der Waals surface area contributed by atoms with Crippen LogP contribution in [-0.2, 0) is 28.6 Å². The third-order valence-electron chi connectivity index (χ3n) is 3.95. The Balaban J connectivity index is -0.000000572. The van der Waals surface area contributed by atoms with Gasteiger partial charge in [0.2, 0.25) is 0 Å². The van der Waals surface area contributed by atoms with Crippen molar-refractivity contribution in [2.75, 3.05) is 21.3 Å². The van der Waals surface area contributed by atoms with Crippen molar-refractivity contribution in [1.29, 1.82) is 0 Å². The summed E-state index contributed by atoms with van der Waals surface area (Å²) in [5.41, 5.74) is 2.79. The van der Waals surface area contributed by atoms with Gasteiger partial charge in [-0.1, -0.05) is 44.2 Å². The molecule has 0 saturated carbocycles. The van der Waals surface area contributed by atoms with E-state index in [2.05, 4.69) is 27.7 Å². The van der Waals surface area contributed by atoms with Crippen molar-refractivity contribution >= 4 is 17.9 Å². The van der Waals surface area contributed by atoms with Gasteiger partial charge in [-0.05, 0) is 45.1 Å². The Morgan fingerprint density at radius 2 is 1.45 bits per heavy atom. The number of ether oxygens (including phenoxy) is 3. The van der Waals surface area contributed by atoms with Gasteiger partial charge in [-0.3, -0.25) is 4.79 Å². The Morgan fingerprint density at radius 3 is 1.86 bits per heavy atom. The standard InChI is InChI=1S/C15H24O4.C7H10O2.CH4/c1-6-13(12(3)10-15(17)19-5)8-7-11(2)9-14(16)18-4;1-4-6(2)5-7(8)9-3;/h7,10,13H,6,8-9H2,1-5H3;4-5H,1H2,2-3H3;1H4/b;6-5-;/t13-;;/m0../s1. The number of hydrogen-bond acceptors (Lipinski definition) is 6. The van der Waals surface area contributed by atoms with Gasteiger partial charge < -0.3 is 14.2 Å². The zero-order valence-corrected chi connectivity index (χ0v) is 18.2. The van der Waals surface area contributed by atoms with Gasteiger partial charge in [0, 0.05) is 12.2 Å². The average molecular weight is 411 g/mol. The van der Waals surface area contributed by atoms with E-state index in [1.807, 2.05) is 19.9 Å². The molecule has 6 heteroatoms. The highest BCUT2D eigenvalue weighted by molar-refractivity contribution is 5.83. The summed E-state index contributed by atoms with van der Waals surface area (Å²) in [5, 5.41) is 0. The molecule has 0 rings (SSSR count). The van der Waals surface area contributed by atoms with E-state index in [1.165, 1.54) is 33.5 Å². The summed E-state index contributed by atoms with van der Waals surface area (Å²) in [6.45, 7) is 11.2. The summed E-state index contributed by atoms with van der Waals surface area (Å²) < 4.78 is 13.6. The molecule has 0 unspecified atom stereocenters. The first-order chi connectivity index (χ1) is 13.1. The average Bonchev–Trinajstić information content (AvgIpc) is 2.68. The predicted octanol–water partition coefficient (Wildman–Crippen LogP) is 4.96. The third-order valence-corrected chi connectivity index (χ3v) is 3.95. The summed E-state index contributed by atoms with van der Waals surface area (Å²) in [6, 6.07) is 0. The van der Waals surface area contributed by atoms with E-state index in [1.54, 1.807) is 13.0 Å². The smallest absolute Gasteiger partial charge is 0.330 e. The van der Waals surface area contributed by atoms with Crippen molar-refractivity contribution in [3.8, 4) is 0 Å². The van der Waals surface area contributed by atoms with Crippen LogP contribution in [0.2, 0.25) is 0 Å². The number of carbonyl (C=O) groups is 3. The molecule has 166 valence electrons. The molecular weight excluding hydrogens is 372 g/mol. The lowest BCUT2D eigenvalue weighted by Crippen LogP contribution is -2.05. The molecule has 0 amide bonds. The molecule has 0 aromatic rings. The monoisotopic (exact) mass is 410 g/mol. The molecule has 0 heterocycles. The van der Waals surface area contributed by atoms with E-state index >= 15 is 0 Å². The van der Waals surface area contributed by atoms with E-state index < -0.39 is 0 Å². The van der Waals surface area contributed by atoms with E-state index in [4.69, 9.17) is 0 Å². The molecule has 0 radical (unpaired) electrons. The van der Waals surface area contributed by atoms with Crippen LogP contribution in [0.5, 0.6) is 0 Å². The fourth-order valence-electron chi connectivity index (χ4n) is 2.06. The fraction of sp³-hybridized carbons (Fsp3) is 0.522. The van der Waals surface area contributed by atoms with Crippen LogP contribution in [0.1, 0.15) is 54.4 Å². The van der Waals surface area contributed by atoms with Gasteiger partial charge in [-0.15, -0.1) is 0 Å². The Morgan fingerprint density at radius 1 is 0.931 bits per heavy atom. The first-order valence-corrected chi connectivity index (χ1v) is 9.02. The van der Waals surface area contributed by atoms with Crippen molar-refractivity contribution in [2.45, 2.75) is 54.4 Å². The van der Waals surface area contributed by atoms with Gasteiger partial charge in [0.15, 0.2) is 0 Å². The third kappa shape index (κ3) is 17.2. The Bertz CT molecular complexity index is 611. The van der Waals surface area contributed by atoms with Crippen LogP contribution >= 0.6 is 0 Å². The SMILES string of the molecule is C.C=C/C(C)=C\C(=O)OC.CC[C@@H](CC=C(C)CC(=O)OC)C(C)=CC(=O)OC. The minimum absolute atomic E-state index is 0. The number of esters is 3. The summed E-state index contributed by atoms with van der Waals surface area (Å²) >= 11 is 0. The van der Waals surface area contributed by atoms with E-state index in [9.17, 15) is 14.4 Å². The molecule has 0 bridgehead atoms. The molecule has 6 nitrogen and oxygen atoms in total. The second kappa shape index (κ2) is 18.7. The Kier molecular flexibility index (Phi) is 20.1. The highest BCUT2D eigenvalue weighted by Gasteiger charge is 2.10. The molecule has 0 aliphatic heterocycles. The largest absolute Gasteiger partial charge is 0.469 e. The highest BCUT2D eigenvalue weighted by Crippen LogP contribution is 2.20. The lowest BCUT2D eigenvalue weighted by Gasteiger charge is -2.13. The van der Waals surface area contributed by atoms with Crippen LogP contribution < -0.4 is 0 Å². The summed E-state index contributed by atoms with van der Waals surface area (Å²) in [5.74, 6) is -0.617. The number of allylic oxidation sites excluding steroid dienone is 4. The molecule has 0 spiro atoms. The molecule has 0 N–H and O–H groups in total. The van der Waals surface area contributed by atoms with Gasteiger partial charge in [-0.25, -0.2) is 9.59 Å². The van der Waals surface area contributed by atoms with Crippen LogP contribution in [0.15, 0.2) is 47.6 Å². The lowest BCUT2D eigenvalue weighted by atomic mass is 9.92. The van der Waals surface area contributed by atoms with Crippen molar-refractivity contribution in [1.82, 2.24) is 0 Å². The summed E-state index contributed by atoms with van der Waals surface area (Å²) in [4.78, 5) is 32.7. The maximum atomic E-state index is 11.2. The molecule has 29 heavy (non-hydrogen) atoms. The van der Waals surface area contributed by atoms with Crippen LogP contribution in [0.4, 0.5) is 0 Å². The predicted molar refractivity (Wildman–Crippen MR) is 117 cm³/mol. The Hall–Kier alpha value is -2.63. The lowest BCUT2D eigenvalue weighted by molar-refractivity contribution is -0.140. The Labute approximate surface area is 176 Å². The van der Waals surface area contributed by atoms with Crippen LogP contribution in [0, 0.1) is 5.92 Å². The fourth-order valence-corrected chi connectivity index (χ4v) is 2.06. The minimum atomic E-state index is -0.340. The van der Waals surface area contributed by atoms with Gasteiger partial charge in [-0.2, -0.15) is 0 Å².